The number of halogens is 4. The summed E-state index contributed by atoms with van der Waals surface area (Å²) in [5.41, 5.74) is -0.954. The van der Waals surface area contributed by atoms with Crippen molar-refractivity contribution in [1.29, 1.82) is 0 Å². The topological polar surface area (TPSA) is 113 Å². The minimum Gasteiger partial charge on any atom is -0.490 e. The number of aromatic nitrogens is 3. The van der Waals surface area contributed by atoms with Crippen LogP contribution in [0.15, 0.2) is 23.3 Å². The van der Waals surface area contributed by atoms with E-state index in [2.05, 4.69) is 20.5 Å². The van der Waals surface area contributed by atoms with Gasteiger partial charge in [0.15, 0.2) is 11.6 Å². The summed E-state index contributed by atoms with van der Waals surface area (Å²) >= 11 is 5.94. The molecule has 196 valence electrons. The lowest BCUT2D eigenvalue weighted by molar-refractivity contribution is -0.138. The molecular formula is C22H26ClF3N6O4. The number of carbonyl (C=O) groups is 1. The number of fused-ring (bicyclic) bond motifs is 3. The number of amides is 1. The molecule has 0 bridgehead atoms. The summed E-state index contributed by atoms with van der Waals surface area (Å²) in [6.07, 6.45) is -1.53. The van der Waals surface area contributed by atoms with Crippen LogP contribution in [0.1, 0.15) is 25.3 Å². The van der Waals surface area contributed by atoms with E-state index in [1.165, 1.54) is 6.20 Å². The van der Waals surface area contributed by atoms with Gasteiger partial charge in [0, 0.05) is 38.3 Å². The summed E-state index contributed by atoms with van der Waals surface area (Å²) in [6.45, 7) is 3.87. The summed E-state index contributed by atoms with van der Waals surface area (Å²) in [5.74, 6) is 0.418. The number of hydrogen-bond acceptors (Lipinski definition) is 8. The fourth-order valence-corrected chi connectivity index (χ4v) is 4.34. The van der Waals surface area contributed by atoms with Crippen molar-refractivity contribution in [3.63, 3.8) is 0 Å². The fraction of sp³-hybridized carbons (Fsp3) is 0.545. The summed E-state index contributed by atoms with van der Waals surface area (Å²) in [5, 5.41) is 8.98. The first-order valence-corrected chi connectivity index (χ1v) is 11.8. The van der Waals surface area contributed by atoms with E-state index < -0.39 is 17.3 Å². The van der Waals surface area contributed by atoms with Crippen LogP contribution in [-0.4, -0.2) is 77.5 Å². The number of alkyl halides is 3. The maximum absolute atomic E-state index is 13.0. The molecule has 0 aliphatic carbocycles. The minimum absolute atomic E-state index is 0.00805. The van der Waals surface area contributed by atoms with E-state index >= 15 is 0 Å². The predicted molar refractivity (Wildman–Crippen MR) is 125 cm³/mol. The number of pyridine rings is 1. The van der Waals surface area contributed by atoms with Gasteiger partial charge in [-0.15, -0.1) is 0 Å². The third-order valence-corrected chi connectivity index (χ3v) is 6.38. The minimum atomic E-state index is -4.50. The SMILES string of the molecule is CC(COCCC(=O)N1CCN2c3ncc(C(F)(F)F)cc3OCCC2C1)Nc1cn[nH]c(=O)c1Cl. The fourth-order valence-electron chi connectivity index (χ4n) is 4.20. The van der Waals surface area contributed by atoms with Crippen LogP contribution in [0, 0.1) is 0 Å². The first-order chi connectivity index (χ1) is 17.1. The molecule has 1 amide bonds. The average molecular weight is 531 g/mol. The van der Waals surface area contributed by atoms with Crippen molar-refractivity contribution in [3.8, 4) is 5.75 Å². The summed E-state index contributed by atoms with van der Waals surface area (Å²) in [7, 11) is 0. The Morgan fingerprint density at radius 2 is 2.19 bits per heavy atom. The third-order valence-electron chi connectivity index (χ3n) is 6.00. The number of carbonyl (C=O) groups excluding carboxylic acids is 1. The average Bonchev–Trinajstić information content (AvgIpc) is 3.02. The molecule has 2 N–H and O–H groups in total. The van der Waals surface area contributed by atoms with Crippen LogP contribution in [0.4, 0.5) is 24.7 Å². The quantitative estimate of drug-likeness (QED) is 0.525. The van der Waals surface area contributed by atoms with Gasteiger partial charge in [-0.3, -0.25) is 9.59 Å². The standard InChI is InChI=1S/C22H26ClF3N6O4/c1-13(29-16-10-28-30-21(34)19(16)23)12-35-6-3-18(33)31-4-5-32-15(11-31)2-7-36-17-8-14(22(24,25)26)9-27-20(17)32/h8-10,13,15H,2-7,11-12H2,1H3,(H2,29,30,34). The molecule has 14 heteroatoms. The Balaban J connectivity index is 1.25. The van der Waals surface area contributed by atoms with Crippen LogP contribution in [-0.2, 0) is 15.7 Å². The molecule has 2 aliphatic rings. The van der Waals surface area contributed by atoms with Crippen LogP contribution < -0.4 is 20.5 Å². The normalized spacial score (nSPS) is 18.5. The van der Waals surface area contributed by atoms with Gasteiger partial charge in [-0.1, -0.05) is 11.6 Å². The maximum atomic E-state index is 13.0. The molecule has 4 heterocycles. The number of ether oxygens (including phenoxy) is 2. The number of aromatic amines is 1. The van der Waals surface area contributed by atoms with Gasteiger partial charge in [-0.05, 0) is 13.0 Å². The van der Waals surface area contributed by atoms with Crippen molar-refractivity contribution < 1.29 is 27.4 Å². The molecule has 0 saturated carbocycles. The molecule has 2 atom stereocenters. The number of hydrogen-bond donors (Lipinski definition) is 2. The Hall–Kier alpha value is -3.06. The summed E-state index contributed by atoms with van der Waals surface area (Å²) in [6, 6.07) is 0.697. The lowest BCUT2D eigenvalue weighted by Crippen LogP contribution is -2.55. The van der Waals surface area contributed by atoms with E-state index in [-0.39, 0.29) is 55.0 Å². The first kappa shape index (κ1) is 26.0. The Morgan fingerprint density at radius 3 is 2.97 bits per heavy atom. The van der Waals surface area contributed by atoms with Gasteiger partial charge >= 0.3 is 6.18 Å². The Morgan fingerprint density at radius 1 is 1.39 bits per heavy atom. The van der Waals surface area contributed by atoms with Gasteiger partial charge < -0.3 is 24.6 Å². The van der Waals surface area contributed by atoms with Gasteiger partial charge in [0.25, 0.3) is 5.56 Å². The van der Waals surface area contributed by atoms with Crippen molar-refractivity contribution >= 4 is 29.0 Å². The van der Waals surface area contributed by atoms with E-state index in [0.717, 1.165) is 12.3 Å². The van der Waals surface area contributed by atoms with E-state index in [1.54, 1.807) is 4.90 Å². The molecule has 10 nitrogen and oxygen atoms in total. The van der Waals surface area contributed by atoms with E-state index in [9.17, 15) is 22.8 Å². The molecule has 0 spiro atoms. The van der Waals surface area contributed by atoms with E-state index in [0.29, 0.717) is 37.6 Å². The Kier molecular flexibility index (Phi) is 7.88. The van der Waals surface area contributed by atoms with Gasteiger partial charge in [0.1, 0.15) is 5.02 Å². The molecule has 4 rings (SSSR count). The van der Waals surface area contributed by atoms with Crippen LogP contribution in [0.3, 0.4) is 0 Å². The van der Waals surface area contributed by atoms with Gasteiger partial charge in [-0.2, -0.15) is 18.3 Å². The first-order valence-electron chi connectivity index (χ1n) is 11.5. The zero-order chi connectivity index (χ0) is 25.9. The molecule has 0 aromatic carbocycles. The van der Waals surface area contributed by atoms with Crippen molar-refractivity contribution in [2.45, 2.75) is 38.0 Å². The second-order valence-corrected chi connectivity index (χ2v) is 9.04. The highest BCUT2D eigenvalue weighted by atomic mass is 35.5. The lowest BCUT2D eigenvalue weighted by Gasteiger charge is -2.41. The molecule has 2 unspecified atom stereocenters. The van der Waals surface area contributed by atoms with Crippen LogP contribution in [0.2, 0.25) is 5.02 Å². The maximum Gasteiger partial charge on any atom is 0.418 e. The zero-order valence-corrected chi connectivity index (χ0v) is 20.2. The molecule has 36 heavy (non-hydrogen) atoms. The molecule has 0 radical (unpaired) electrons. The van der Waals surface area contributed by atoms with Crippen molar-refractivity contribution in [2.75, 3.05) is 49.7 Å². The highest BCUT2D eigenvalue weighted by Crippen LogP contribution is 2.38. The van der Waals surface area contributed by atoms with Crippen molar-refractivity contribution in [2.24, 2.45) is 0 Å². The molecule has 1 fully saturated rings. The summed E-state index contributed by atoms with van der Waals surface area (Å²) < 4.78 is 50.3. The molecule has 2 aromatic rings. The number of piperazine rings is 1. The smallest absolute Gasteiger partial charge is 0.418 e. The third kappa shape index (κ3) is 6.01. The summed E-state index contributed by atoms with van der Waals surface area (Å²) in [4.78, 5) is 32.0. The Bertz CT molecular complexity index is 1150. The van der Waals surface area contributed by atoms with Gasteiger partial charge in [0.2, 0.25) is 5.91 Å². The Labute approximate surface area is 209 Å². The van der Waals surface area contributed by atoms with Crippen molar-refractivity contribution in [1.82, 2.24) is 20.1 Å². The predicted octanol–water partition coefficient (Wildman–Crippen LogP) is 2.54. The molecule has 2 aromatic heterocycles. The van der Waals surface area contributed by atoms with Crippen LogP contribution >= 0.6 is 11.6 Å². The largest absolute Gasteiger partial charge is 0.490 e. The molecule has 1 saturated heterocycles. The van der Waals surface area contributed by atoms with E-state index in [4.69, 9.17) is 21.1 Å². The number of nitrogens with one attached hydrogen (secondary N) is 2. The monoisotopic (exact) mass is 530 g/mol. The number of rotatable bonds is 7. The number of H-pyrrole nitrogens is 1. The second-order valence-electron chi connectivity index (χ2n) is 8.66. The second kappa shape index (κ2) is 10.9. The van der Waals surface area contributed by atoms with Crippen molar-refractivity contribution in [3.05, 3.63) is 39.4 Å². The van der Waals surface area contributed by atoms with Crippen LogP contribution in [0.25, 0.3) is 0 Å². The van der Waals surface area contributed by atoms with Gasteiger partial charge in [0.05, 0.1) is 49.7 Å². The highest BCUT2D eigenvalue weighted by Gasteiger charge is 2.36. The van der Waals surface area contributed by atoms with Gasteiger partial charge in [-0.25, -0.2) is 10.1 Å². The lowest BCUT2D eigenvalue weighted by atomic mass is 10.1. The highest BCUT2D eigenvalue weighted by molar-refractivity contribution is 6.32. The zero-order valence-electron chi connectivity index (χ0n) is 19.5. The molecule has 2 aliphatic heterocycles. The number of anilines is 2. The molecular weight excluding hydrogens is 505 g/mol. The van der Waals surface area contributed by atoms with Crippen LogP contribution in [0.5, 0.6) is 5.75 Å². The van der Waals surface area contributed by atoms with E-state index in [1.807, 2.05) is 11.8 Å². The number of nitrogens with zero attached hydrogens (tertiary/aromatic N) is 4.